The van der Waals surface area contributed by atoms with E-state index in [-0.39, 0.29) is 6.04 Å². The minimum absolute atomic E-state index is 0.207. The molecule has 4 rings (SSSR count). The number of hydrogen-bond donors (Lipinski definition) is 1. The van der Waals surface area contributed by atoms with Crippen molar-refractivity contribution in [2.24, 2.45) is 7.05 Å². The van der Waals surface area contributed by atoms with Crippen LogP contribution in [-0.4, -0.2) is 21.3 Å². The van der Waals surface area contributed by atoms with Crippen LogP contribution in [0.1, 0.15) is 43.4 Å². The molecule has 1 aliphatic rings. The molecule has 0 spiro atoms. The van der Waals surface area contributed by atoms with Crippen molar-refractivity contribution in [2.45, 2.75) is 31.8 Å². The molecule has 1 saturated heterocycles. The predicted molar refractivity (Wildman–Crippen MR) is 89.2 cm³/mol. The fraction of sp³-hybridized carbons (Fsp3) is 0.412. The molecule has 1 N–H and O–H groups in total. The first-order chi connectivity index (χ1) is 11.2. The first kappa shape index (κ1) is 14.7. The van der Waals surface area contributed by atoms with Crippen molar-refractivity contribution < 1.29 is 9.32 Å². The average molecular weight is 329 g/mol. The molecule has 5 nitrogen and oxygen atoms in total. The minimum Gasteiger partial charge on any atom is -0.414 e. The van der Waals surface area contributed by atoms with E-state index in [2.05, 4.69) is 47.1 Å². The Labute approximate surface area is 139 Å². The highest BCUT2D eigenvalue weighted by molar-refractivity contribution is 7.13. The number of aromatic nitrogens is 3. The standard InChI is InChI=1S/C17H20N4OS/c1-12(16-18-19-17(22-16)15-8-5-11-23-15)21-10-4-7-14(21)13-6-3-9-20(13)2/h3,5-6,8-9,11-12,14H,4,7,10H2,1-2H3/p+1/t12-,14+/m0/s1. The number of hydrogen-bond acceptors (Lipinski definition) is 4. The van der Waals surface area contributed by atoms with E-state index in [1.165, 1.54) is 23.4 Å². The van der Waals surface area contributed by atoms with Gasteiger partial charge in [-0.1, -0.05) is 6.07 Å². The number of nitrogens with zero attached hydrogens (tertiary/aromatic N) is 3. The van der Waals surface area contributed by atoms with E-state index in [4.69, 9.17) is 4.42 Å². The van der Waals surface area contributed by atoms with Crippen molar-refractivity contribution in [2.75, 3.05) is 6.54 Å². The van der Waals surface area contributed by atoms with Gasteiger partial charge in [0.05, 0.1) is 17.1 Å². The fourth-order valence-electron chi connectivity index (χ4n) is 3.63. The summed E-state index contributed by atoms with van der Waals surface area (Å²) < 4.78 is 8.19. The Kier molecular flexibility index (Phi) is 3.79. The normalized spacial score (nSPS) is 22.5. The van der Waals surface area contributed by atoms with E-state index in [1.807, 2.05) is 17.5 Å². The second kappa shape index (κ2) is 5.94. The van der Waals surface area contributed by atoms with Gasteiger partial charge in [0.15, 0.2) is 6.04 Å². The molecular formula is C17H21N4OS+. The number of thiophene rings is 1. The van der Waals surface area contributed by atoms with Gasteiger partial charge in [0, 0.05) is 26.1 Å². The van der Waals surface area contributed by atoms with Crippen LogP contribution in [0.2, 0.25) is 0 Å². The van der Waals surface area contributed by atoms with Crippen LogP contribution in [0.25, 0.3) is 10.8 Å². The zero-order chi connectivity index (χ0) is 15.8. The first-order valence-electron chi connectivity index (χ1n) is 8.08. The third-order valence-corrected chi connectivity index (χ3v) is 5.70. The fourth-order valence-corrected chi connectivity index (χ4v) is 4.27. The van der Waals surface area contributed by atoms with Crippen molar-refractivity contribution >= 4 is 11.3 Å². The van der Waals surface area contributed by atoms with E-state index in [0.29, 0.717) is 11.9 Å². The summed E-state index contributed by atoms with van der Waals surface area (Å²) in [4.78, 5) is 2.56. The Morgan fingerprint density at radius 2 is 2.26 bits per heavy atom. The van der Waals surface area contributed by atoms with Crippen LogP contribution in [0.15, 0.2) is 40.3 Å². The van der Waals surface area contributed by atoms with Crippen molar-refractivity contribution in [1.82, 2.24) is 14.8 Å². The lowest BCUT2D eigenvalue weighted by atomic mass is 10.1. The highest BCUT2D eigenvalue weighted by Crippen LogP contribution is 2.26. The van der Waals surface area contributed by atoms with Crippen LogP contribution < -0.4 is 4.90 Å². The van der Waals surface area contributed by atoms with Gasteiger partial charge in [-0.2, -0.15) is 0 Å². The van der Waals surface area contributed by atoms with Gasteiger partial charge in [0.2, 0.25) is 0 Å². The van der Waals surface area contributed by atoms with Crippen LogP contribution in [0, 0.1) is 0 Å². The summed E-state index contributed by atoms with van der Waals surface area (Å²) >= 11 is 1.63. The highest BCUT2D eigenvalue weighted by Gasteiger charge is 2.38. The maximum Gasteiger partial charge on any atom is 0.274 e. The molecule has 0 aromatic carbocycles. The van der Waals surface area contributed by atoms with Crippen LogP contribution in [0.5, 0.6) is 0 Å². The van der Waals surface area contributed by atoms with Gasteiger partial charge in [-0.15, -0.1) is 21.5 Å². The first-order valence-corrected chi connectivity index (χ1v) is 8.96. The van der Waals surface area contributed by atoms with Gasteiger partial charge in [-0.25, -0.2) is 0 Å². The van der Waals surface area contributed by atoms with E-state index in [1.54, 1.807) is 11.3 Å². The number of nitrogens with one attached hydrogen (secondary N) is 1. The second-order valence-electron chi connectivity index (χ2n) is 6.21. The average Bonchev–Trinajstić information content (AvgIpc) is 3.31. The third kappa shape index (κ3) is 2.62. The molecule has 0 aliphatic carbocycles. The van der Waals surface area contributed by atoms with E-state index in [9.17, 15) is 0 Å². The molecule has 0 amide bonds. The number of rotatable bonds is 4. The molecule has 1 unspecified atom stereocenters. The molecule has 23 heavy (non-hydrogen) atoms. The molecule has 120 valence electrons. The summed E-state index contributed by atoms with van der Waals surface area (Å²) in [5.74, 6) is 1.38. The maximum atomic E-state index is 5.96. The van der Waals surface area contributed by atoms with Gasteiger partial charge in [-0.3, -0.25) is 0 Å². The van der Waals surface area contributed by atoms with Crippen molar-refractivity contribution in [3.05, 3.63) is 47.4 Å². The van der Waals surface area contributed by atoms with Gasteiger partial charge < -0.3 is 13.9 Å². The molecule has 3 atom stereocenters. The van der Waals surface area contributed by atoms with E-state index in [0.717, 1.165) is 17.3 Å². The van der Waals surface area contributed by atoms with Gasteiger partial charge in [-0.05, 0) is 30.5 Å². The highest BCUT2D eigenvalue weighted by atomic mass is 32.1. The summed E-state index contributed by atoms with van der Waals surface area (Å²) in [5, 5.41) is 10.6. The van der Waals surface area contributed by atoms with Crippen LogP contribution in [0.4, 0.5) is 0 Å². The summed E-state index contributed by atoms with van der Waals surface area (Å²) in [6.07, 6.45) is 4.57. The molecule has 1 fully saturated rings. The lowest BCUT2D eigenvalue weighted by Gasteiger charge is -2.25. The largest absolute Gasteiger partial charge is 0.414 e. The number of aryl methyl sites for hydroxylation is 1. The molecule has 4 heterocycles. The van der Waals surface area contributed by atoms with E-state index < -0.39 is 0 Å². The van der Waals surface area contributed by atoms with Crippen LogP contribution in [-0.2, 0) is 7.05 Å². The smallest absolute Gasteiger partial charge is 0.274 e. The van der Waals surface area contributed by atoms with Gasteiger partial charge >= 0.3 is 0 Å². The minimum atomic E-state index is 0.207. The molecule has 3 aromatic rings. The zero-order valence-corrected chi connectivity index (χ0v) is 14.2. The van der Waals surface area contributed by atoms with Crippen LogP contribution in [0.3, 0.4) is 0 Å². The monoisotopic (exact) mass is 329 g/mol. The molecule has 6 heteroatoms. The molecule has 0 radical (unpaired) electrons. The summed E-state index contributed by atoms with van der Waals surface area (Å²) in [6, 6.07) is 9.08. The quantitative estimate of drug-likeness (QED) is 0.800. The Balaban J connectivity index is 1.58. The van der Waals surface area contributed by atoms with Crippen molar-refractivity contribution in [1.29, 1.82) is 0 Å². The molecule has 0 saturated carbocycles. The SMILES string of the molecule is C[C@@H](c1nnc(-c2cccs2)o1)[NH+]1CCC[C@@H]1c1cccn1C. The second-order valence-corrected chi connectivity index (χ2v) is 7.16. The maximum absolute atomic E-state index is 5.96. The number of quaternary nitrogens is 1. The Morgan fingerprint density at radius 3 is 3.00 bits per heavy atom. The topological polar surface area (TPSA) is 48.3 Å². The molecule has 1 aliphatic heterocycles. The van der Waals surface area contributed by atoms with Crippen molar-refractivity contribution in [3.8, 4) is 10.8 Å². The predicted octanol–water partition coefficient (Wildman–Crippen LogP) is 2.62. The molecular weight excluding hydrogens is 308 g/mol. The molecule has 3 aromatic heterocycles. The van der Waals surface area contributed by atoms with Crippen molar-refractivity contribution in [3.63, 3.8) is 0 Å². The van der Waals surface area contributed by atoms with Gasteiger partial charge in [0.25, 0.3) is 11.8 Å². The van der Waals surface area contributed by atoms with Gasteiger partial charge in [0.1, 0.15) is 6.04 Å². The van der Waals surface area contributed by atoms with E-state index >= 15 is 0 Å². The summed E-state index contributed by atoms with van der Waals surface area (Å²) in [6.45, 7) is 3.34. The third-order valence-electron chi connectivity index (χ3n) is 4.85. The Morgan fingerprint density at radius 1 is 1.35 bits per heavy atom. The van der Waals surface area contributed by atoms with Crippen LogP contribution >= 0.6 is 11.3 Å². The number of likely N-dealkylation sites (tertiary alicyclic amines) is 1. The lowest BCUT2D eigenvalue weighted by Crippen LogP contribution is -3.10. The Hall–Kier alpha value is -1.92. The Bertz CT molecular complexity index is 776. The molecule has 0 bridgehead atoms. The summed E-state index contributed by atoms with van der Waals surface area (Å²) in [5.41, 5.74) is 1.39. The lowest BCUT2D eigenvalue weighted by molar-refractivity contribution is -0.949. The summed E-state index contributed by atoms with van der Waals surface area (Å²) in [7, 11) is 2.12. The zero-order valence-electron chi connectivity index (χ0n) is 13.4.